The highest BCUT2D eigenvalue weighted by molar-refractivity contribution is 6.42. The number of carbonyl (C=O) groups excluding carboxylic acids is 1. The van der Waals surface area contributed by atoms with Crippen molar-refractivity contribution in [3.63, 3.8) is 0 Å². The third kappa shape index (κ3) is 7.05. The molecule has 0 aromatic heterocycles. The molecule has 1 amide bonds. The lowest BCUT2D eigenvalue weighted by Crippen LogP contribution is -2.43. The van der Waals surface area contributed by atoms with E-state index in [1.54, 1.807) is 0 Å². The minimum atomic E-state index is -0.761. The average Bonchev–Trinajstić information content (AvgIpc) is 2.98. The second kappa shape index (κ2) is 12.9. The van der Waals surface area contributed by atoms with Crippen LogP contribution in [0.2, 0.25) is 10.0 Å². The first-order valence-electron chi connectivity index (χ1n) is 14.2. The molecule has 2 saturated heterocycles. The molecule has 1 N–H and O–H groups in total. The van der Waals surface area contributed by atoms with Gasteiger partial charge in [-0.05, 0) is 79.3 Å². The van der Waals surface area contributed by atoms with Crippen molar-refractivity contribution in [2.45, 2.75) is 56.0 Å². The highest BCUT2D eigenvalue weighted by Crippen LogP contribution is 2.35. The lowest BCUT2D eigenvalue weighted by molar-refractivity contribution is -0.132. The highest BCUT2D eigenvalue weighted by Gasteiger charge is 2.34. The summed E-state index contributed by atoms with van der Waals surface area (Å²) in [5.41, 5.74) is 2.68. The van der Waals surface area contributed by atoms with Crippen LogP contribution in [0.15, 0.2) is 78.9 Å². The summed E-state index contributed by atoms with van der Waals surface area (Å²) < 4.78 is 0. The van der Waals surface area contributed by atoms with Crippen molar-refractivity contribution in [1.82, 2.24) is 9.80 Å². The summed E-state index contributed by atoms with van der Waals surface area (Å²) in [7, 11) is 0. The first-order chi connectivity index (χ1) is 18.9. The predicted octanol–water partition coefficient (Wildman–Crippen LogP) is 7.25. The molecule has 3 aromatic rings. The molecule has 0 bridgehead atoms. The molecule has 0 saturated carbocycles. The van der Waals surface area contributed by atoms with Crippen LogP contribution in [0.1, 0.15) is 67.1 Å². The Morgan fingerprint density at radius 2 is 1.51 bits per heavy atom. The van der Waals surface area contributed by atoms with Gasteiger partial charge in [0.2, 0.25) is 5.91 Å². The Morgan fingerprint density at radius 1 is 0.872 bits per heavy atom. The van der Waals surface area contributed by atoms with Gasteiger partial charge in [0, 0.05) is 32.6 Å². The van der Waals surface area contributed by atoms with Crippen molar-refractivity contribution in [3.05, 3.63) is 106 Å². The van der Waals surface area contributed by atoms with Crippen molar-refractivity contribution >= 4 is 29.1 Å². The molecule has 0 radical (unpaired) electrons. The molecular weight excluding hydrogens is 527 g/mol. The van der Waals surface area contributed by atoms with Crippen LogP contribution in [0.3, 0.4) is 0 Å². The normalized spacial score (nSPS) is 19.1. The minimum absolute atomic E-state index is 0.0639. The van der Waals surface area contributed by atoms with Crippen LogP contribution in [0.4, 0.5) is 0 Å². The monoisotopic (exact) mass is 564 g/mol. The van der Waals surface area contributed by atoms with Gasteiger partial charge in [0.15, 0.2) is 0 Å². The number of amides is 1. The third-order valence-electron chi connectivity index (χ3n) is 8.74. The van der Waals surface area contributed by atoms with Crippen LogP contribution in [0.25, 0.3) is 0 Å². The van der Waals surface area contributed by atoms with Gasteiger partial charge < -0.3 is 14.9 Å². The van der Waals surface area contributed by atoms with Crippen LogP contribution in [0, 0.1) is 0 Å². The summed E-state index contributed by atoms with van der Waals surface area (Å²) in [6.07, 6.45) is 4.76. The fourth-order valence-electron chi connectivity index (χ4n) is 6.20. The van der Waals surface area contributed by atoms with Crippen molar-refractivity contribution in [1.29, 1.82) is 0 Å². The third-order valence-corrected chi connectivity index (χ3v) is 9.48. The van der Waals surface area contributed by atoms with Crippen molar-refractivity contribution in [2.75, 3.05) is 32.7 Å². The number of likely N-dealkylation sites (tertiary alicyclic amines) is 2. The largest absolute Gasteiger partial charge is 0.385 e. The summed E-state index contributed by atoms with van der Waals surface area (Å²) in [5.74, 6) is 0.804. The van der Waals surface area contributed by atoms with Crippen molar-refractivity contribution < 1.29 is 9.90 Å². The maximum absolute atomic E-state index is 13.5. The van der Waals surface area contributed by atoms with Gasteiger partial charge in [0.05, 0.1) is 15.6 Å². The molecule has 39 heavy (non-hydrogen) atoms. The van der Waals surface area contributed by atoms with E-state index in [1.165, 1.54) is 5.56 Å². The van der Waals surface area contributed by atoms with Gasteiger partial charge in [-0.15, -0.1) is 0 Å². The first kappa shape index (κ1) is 28.2. The van der Waals surface area contributed by atoms with Crippen LogP contribution in [-0.4, -0.2) is 53.5 Å². The molecule has 2 heterocycles. The Balaban J connectivity index is 1.20. The van der Waals surface area contributed by atoms with Crippen molar-refractivity contribution in [2.24, 2.45) is 0 Å². The Morgan fingerprint density at radius 3 is 2.15 bits per heavy atom. The maximum Gasteiger partial charge on any atom is 0.223 e. The predicted molar refractivity (Wildman–Crippen MR) is 159 cm³/mol. The number of hydrogen-bond acceptors (Lipinski definition) is 3. The number of aliphatic hydroxyl groups is 1. The minimum Gasteiger partial charge on any atom is -0.385 e. The molecule has 0 aliphatic carbocycles. The van der Waals surface area contributed by atoms with E-state index in [0.717, 1.165) is 63.1 Å². The average molecular weight is 566 g/mol. The molecule has 206 valence electrons. The Kier molecular flexibility index (Phi) is 9.29. The Hall–Kier alpha value is -2.37. The zero-order chi connectivity index (χ0) is 27.2. The SMILES string of the molecule is O=C(CC(CCN1CCC(O)(c2ccccc2)CC1)c1ccc(Cl)c(Cl)c1)N1CCC(c2ccccc2)CC1. The summed E-state index contributed by atoms with van der Waals surface area (Å²) in [6, 6.07) is 26.4. The summed E-state index contributed by atoms with van der Waals surface area (Å²) >= 11 is 12.6. The second-order valence-corrected chi connectivity index (χ2v) is 12.0. The van der Waals surface area contributed by atoms with E-state index in [0.29, 0.717) is 35.2 Å². The Labute approximate surface area is 242 Å². The molecule has 5 rings (SSSR count). The molecule has 1 atom stereocenters. The molecule has 0 spiro atoms. The first-order valence-corrected chi connectivity index (χ1v) is 14.9. The molecular formula is C33H38Cl2N2O2. The fraction of sp³-hybridized carbons (Fsp3) is 0.424. The van der Waals surface area contributed by atoms with Crippen molar-refractivity contribution in [3.8, 4) is 0 Å². The number of carbonyl (C=O) groups is 1. The molecule has 1 unspecified atom stereocenters. The topological polar surface area (TPSA) is 43.8 Å². The van der Waals surface area contributed by atoms with E-state index in [1.807, 2.05) is 53.4 Å². The summed E-state index contributed by atoms with van der Waals surface area (Å²) in [5, 5.41) is 12.3. The summed E-state index contributed by atoms with van der Waals surface area (Å²) in [4.78, 5) is 18.0. The number of piperidine rings is 2. The highest BCUT2D eigenvalue weighted by atomic mass is 35.5. The molecule has 3 aromatic carbocycles. The zero-order valence-corrected chi connectivity index (χ0v) is 24.0. The number of hydrogen-bond donors (Lipinski definition) is 1. The molecule has 4 nitrogen and oxygen atoms in total. The van der Waals surface area contributed by atoms with Gasteiger partial charge in [-0.2, -0.15) is 0 Å². The van der Waals surface area contributed by atoms with E-state index in [2.05, 4.69) is 35.2 Å². The lowest BCUT2D eigenvalue weighted by atomic mass is 9.84. The molecule has 2 aliphatic heterocycles. The maximum atomic E-state index is 13.5. The van der Waals surface area contributed by atoms with Gasteiger partial charge in [-0.25, -0.2) is 0 Å². The Bertz CT molecular complexity index is 1220. The van der Waals surface area contributed by atoms with E-state index in [4.69, 9.17) is 23.2 Å². The van der Waals surface area contributed by atoms with E-state index < -0.39 is 5.60 Å². The van der Waals surface area contributed by atoms with Gasteiger partial charge in [-0.1, -0.05) is 89.9 Å². The van der Waals surface area contributed by atoms with E-state index in [-0.39, 0.29) is 11.8 Å². The summed E-state index contributed by atoms with van der Waals surface area (Å²) in [6.45, 7) is 4.15. The van der Waals surface area contributed by atoms with Gasteiger partial charge >= 0.3 is 0 Å². The van der Waals surface area contributed by atoms with Crippen LogP contribution >= 0.6 is 23.2 Å². The van der Waals surface area contributed by atoms with E-state index >= 15 is 0 Å². The number of rotatable bonds is 8. The van der Waals surface area contributed by atoms with Crippen LogP contribution in [0.5, 0.6) is 0 Å². The number of halogens is 2. The van der Waals surface area contributed by atoms with Gasteiger partial charge in [0.1, 0.15) is 0 Å². The van der Waals surface area contributed by atoms with Crippen LogP contribution in [-0.2, 0) is 10.4 Å². The molecule has 2 aliphatic rings. The molecule has 6 heteroatoms. The van der Waals surface area contributed by atoms with E-state index in [9.17, 15) is 9.90 Å². The quantitative estimate of drug-likeness (QED) is 0.313. The molecule has 2 fully saturated rings. The number of benzene rings is 3. The number of nitrogens with zero attached hydrogens (tertiary/aromatic N) is 2. The second-order valence-electron chi connectivity index (χ2n) is 11.2. The zero-order valence-electron chi connectivity index (χ0n) is 22.4. The standard InChI is InChI=1S/C33H38Cl2N2O2/c34-30-12-11-27(23-31(30)35)28(13-18-36-21-16-33(39,17-22-36)29-9-5-2-6-10-29)24-32(38)37-19-14-26(15-20-37)25-7-3-1-4-8-25/h1-12,23,26,28,39H,13-22,24H2. The van der Waals surface area contributed by atoms with Crippen LogP contribution < -0.4 is 0 Å². The van der Waals surface area contributed by atoms with Gasteiger partial charge in [0.25, 0.3) is 0 Å². The smallest absolute Gasteiger partial charge is 0.223 e. The fourth-order valence-corrected chi connectivity index (χ4v) is 6.51. The lowest BCUT2D eigenvalue weighted by Gasteiger charge is -2.39. The van der Waals surface area contributed by atoms with Gasteiger partial charge in [-0.3, -0.25) is 4.79 Å².